The van der Waals surface area contributed by atoms with Crippen LogP contribution in [0.1, 0.15) is 28.9 Å². The Morgan fingerprint density at radius 3 is 2.83 bits per heavy atom. The van der Waals surface area contributed by atoms with Crippen LogP contribution in [-0.4, -0.2) is 23.2 Å². The molecule has 1 aromatic carbocycles. The maximum Gasteiger partial charge on any atom is 0.261 e. The van der Waals surface area contributed by atoms with Gasteiger partial charge in [-0.15, -0.1) is 11.3 Å². The molecule has 3 rings (SSSR count). The number of thiophene rings is 1. The summed E-state index contributed by atoms with van der Waals surface area (Å²) in [6.07, 6.45) is 2.63. The smallest absolute Gasteiger partial charge is 0.261 e. The van der Waals surface area contributed by atoms with Crippen molar-refractivity contribution in [2.24, 2.45) is 0 Å². The average Bonchev–Trinajstić information content (AvgIpc) is 2.77. The molecule has 3 nitrogen and oxygen atoms in total. The van der Waals surface area contributed by atoms with Gasteiger partial charge in [-0.3, -0.25) is 4.79 Å². The fourth-order valence-electron chi connectivity index (χ4n) is 2.19. The van der Waals surface area contributed by atoms with Crippen LogP contribution < -0.4 is 5.32 Å². The Morgan fingerprint density at radius 2 is 2.17 bits per heavy atom. The first-order chi connectivity index (χ1) is 8.66. The molecule has 4 heteroatoms. The summed E-state index contributed by atoms with van der Waals surface area (Å²) in [5, 5.41) is 13.9. The van der Waals surface area contributed by atoms with Gasteiger partial charge < -0.3 is 10.4 Å². The zero-order chi connectivity index (χ0) is 12.6. The highest BCUT2D eigenvalue weighted by Crippen LogP contribution is 2.31. The van der Waals surface area contributed by atoms with Gasteiger partial charge in [0.1, 0.15) is 0 Å². The quantitative estimate of drug-likeness (QED) is 0.892. The van der Waals surface area contributed by atoms with Crippen LogP contribution in [-0.2, 0) is 0 Å². The summed E-state index contributed by atoms with van der Waals surface area (Å²) >= 11 is 1.49. The maximum atomic E-state index is 12.0. The summed E-state index contributed by atoms with van der Waals surface area (Å²) in [6, 6.07) is 9.85. The maximum absolute atomic E-state index is 12.0. The van der Waals surface area contributed by atoms with Crippen molar-refractivity contribution in [3.8, 4) is 0 Å². The van der Waals surface area contributed by atoms with Crippen molar-refractivity contribution in [3.05, 3.63) is 35.2 Å². The Kier molecular flexibility index (Phi) is 2.84. The number of fused-ring (bicyclic) bond motifs is 1. The molecule has 0 spiro atoms. The molecule has 94 valence electrons. The van der Waals surface area contributed by atoms with Crippen LogP contribution in [0.5, 0.6) is 0 Å². The molecular weight excluding hydrogens is 246 g/mol. The third-order valence-corrected chi connectivity index (χ3v) is 4.63. The Hall–Kier alpha value is -1.39. The molecule has 1 heterocycles. The van der Waals surface area contributed by atoms with Crippen molar-refractivity contribution >= 4 is 27.3 Å². The molecule has 0 saturated heterocycles. The third-order valence-electron chi connectivity index (χ3n) is 3.51. The highest BCUT2D eigenvalue weighted by Gasteiger charge is 2.34. The molecule has 1 aliphatic carbocycles. The Bertz CT molecular complexity index is 553. The number of carbonyl (C=O) groups excluding carboxylic acids is 1. The first-order valence-electron chi connectivity index (χ1n) is 6.15. The molecule has 0 radical (unpaired) electrons. The van der Waals surface area contributed by atoms with Crippen LogP contribution in [0.15, 0.2) is 30.3 Å². The number of nitrogens with one attached hydrogen (secondary N) is 1. The van der Waals surface area contributed by atoms with E-state index >= 15 is 0 Å². The van der Waals surface area contributed by atoms with Gasteiger partial charge in [0, 0.05) is 11.2 Å². The lowest BCUT2D eigenvalue weighted by Crippen LogP contribution is -2.47. The van der Waals surface area contributed by atoms with Crippen molar-refractivity contribution in [1.82, 2.24) is 5.32 Å². The monoisotopic (exact) mass is 261 g/mol. The lowest BCUT2D eigenvalue weighted by molar-refractivity contribution is -0.0300. The minimum atomic E-state index is -0.660. The van der Waals surface area contributed by atoms with Gasteiger partial charge in [0.25, 0.3) is 5.91 Å². The van der Waals surface area contributed by atoms with Crippen LogP contribution in [0.4, 0.5) is 0 Å². The first-order valence-corrected chi connectivity index (χ1v) is 6.97. The molecule has 1 aliphatic rings. The Labute approximate surface area is 109 Å². The zero-order valence-electron chi connectivity index (χ0n) is 9.98. The zero-order valence-corrected chi connectivity index (χ0v) is 10.8. The van der Waals surface area contributed by atoms with Crippen LogP contribution in [0.3, 0.4) is 0 Å². The standard InChI is InChI=1S/C14H15NO2S/c16-13(15-9-14(17)6-3-7-14)12-8-10-4-1-2-5-11(10)18-12/h1-2,4-5,8,17H,3,6-7,9H2,(H,15,16). The second-order valence-electron chi connectivity index (χ2n) is 4.91. The number of carbonyl (C=O) groups is 1. The van der Waals surface area contributed by atoms with Crippen molar-refractivity contribution in [3.63, 3.8) is 0 Å². The number of amides is 1. The molecule has 2 aromatic rings. The van der Waals surface area contributed by atoms with Crippen LogP contribution in [0, 0.1) is 0 Å². The summed E-state index contributed by atoms with van der Waals surface area (Å²) in [6.45, 7) is 0.361. The molecule has 1 aromatic heterocycles. The molecule has 1 fully saturated rings. The van der Waals surface area contributed by atoms with Crippen LogP contribution in [0.25, 0.3) is 10.1 Å². The van der Waals surface area contributed by atoms with Gasteiger partial charge in [0.2, 0.25) is 0 Å². The first kappa shape index (κ1) is 11.7. The number of aliphatic hydroxyl groups is 1. The Morgan fingerprint density at radius 1 is 1.39 bits per heavy atom. The summed E-state index contributed by atoms with van der Waals surface area (Å²) in [4.78, 5) is 12.7. The second kappa shape index (κ2) is 4.37. The van der Waals surface area contributed by atoms with Gasteiger partial charge in [-0.25, -0.2) is 0 Å². The van der Waals surface area contributed by atoms with Gasteiger partial charge in [0.15, 0.2) is 0 Å². The second-order valence-corrected chi connectivity index (χ2v) is 5.99. The lowest BCUT2D eigenvalue weighted by atomic mass is 9.80. The van der Waals surface area contributed by atoms with Crippen molar-refractivity contribution in [1.29, 1.82) is 0 Å². The van der Waals surface area contributed by atoms with Gasteiger partial charge in [-0.1, -0.05) is 18.2 Å². The van der Waals surface area contributed by atoms with Gasteiger partial charge in [0.05, 0.1) is 10.5 Å². The molecule has 1 amide bonds. The van der Waals surface area contributed by atoms with E-state index in [0.717, 1.165) is 29.3 Å². The van der Waals surface area contributed by atoms with Gasteiger partial charge in [-0.2, -0.15) is 0 Å². The molecule has 18 heavy (non-hydrogen) atoms. The SMILES string of the molecule is O=C(NCC1(O)CCC1)c1cc2ccccc2s1. The lowest BCUT2D eigenvalue weighted by Gasteiger charge is -2.36. The van der Waals surface area contributed by atoms with E-state index in [9.17, 15) is 9.90 Å². The topological polar surface area (TPSA) is 49.3 Å². The van der Waals surface area contributed by atoms with E-state index in [1.165, 1.54) is 11.3 Å². The van der Waals surface area contributed by atoms with E-state index < -0.39 is 5.60 Å². The van der Waals surface area contributed by atoms with E-state index in [-0.39, 0.29) is 5.91 Å². The van der Waals surface area contributed by atoms with Crippen LogP contribution in [0.2, 0.25) is 0 Å². The van der Waals surface area contributed by atoms with Gasteiger partial charge in [-0.05, 0) is 36.8 Å². The van der Waals surface area contributed by atoms with E-state index in [1.807, 2.05) is 30.3 Å². The fraction of sp³-hybridized carbons (Fsp3) is 0.357. The highest BCUT2D eigenvalue weighted by atomic mass is 32.1. The number of hydrogen-bond acceptors (Lipinski definition) is 3. The predicted octanol–water partition coefficient (Wildman–Crippen LogP) is 2.55. The van der Waals surface area contributed by atoms with E-state index in [1.54, 1.807) is 0 Å². The largest absolute Gasteiger partial charge is 0.388 e. The minimum Gasteiger partial charge on any atom is -0.388 e. The molecule has 0 aliphatic heterocycles. The number of hydrogen-bond donors (Lipinski definition) is 2. The predicted molar refractivity (Wildman–Crippen MR) is 73.0 cm³/mol. The van der Waals surface area contributed by atoms with Crippen LogP contribution >= 0.6 is 11.3 Å². The summed E-state index contributed by atoms with van der Waals surface area (Å²) < 4.78 is 1.12. The summed E-state index contributed by atoms with van der Waals surface area (Å²) in [5.41, 5.74) is -0.660. The van der Waals surface area contributed by atoms with Crippen molar-refractivity contribution in [2.75, 3.05) is 6.54 Å². The summed E-state index contributed by atoms with van der Waals surface area (Å²) in [5.74, 6) is -0.0866. The molecule has 0 atom stereocenters. The fourth-order valence-corrected chi connectivity index (χ4v) is 3.17. The van der Waals surface area contributed by atoms with E-state index in [2.05, 4.69) is 5.32 Å². The molecule has 2 N–H and O–H groups in total. The number of rotatable bonds is 3. The van der Waals surface area contributed by atoms with E-state index in [4.69, 9.17) is 0 Å². The third kappa shape index (κ3) is 2.13. The van der Waals surface area contributed by atoms with Crippen molar-refractivity contribution < 1.29 is 9.90 Å². The molecule has 1 saturated carbocycles. The highest BCUT2D eigenvalue weighted by molar-refractivity contribution is 7.20. The summed E-state index contributed by atoms with van der Waals surface area (Å²) in [7, 11) is 0. The van der Waals surface area contributed by atoms with E-state index in [0.29, 0.717) is 11.4 Å². The number of benzene rings is 1. The minimum absolute atomic E-state index is 0.0866. The van der Waals surface area contributed by atoms with Gasteiger partial charge >= 0.3 is 0 Å². The molecule has 0 bridgehead atoms. The Balaban J connectivity index is 1.71. The average molecular weight is 261 g/mol. The molecule has 0 unspecified atom stereocenters. The van der Waals surface area contributed by atoms with Crippen molar-refractivity contribution in [2.45, 2.75) is 24.9 Å². The normalized spacial score (nSPS) is 17.4. The molecular formula is C14H15NO2S.